The molecule has 3 N–H and O–H groups in total. The predicted molar refractivity (Wildman–Crippen MR) is 47.0 cm³/mol. The molecule has 72 valence electrons. The van der Waals surface area contributed by atoms with Gasteiger partial charge in [0.25, 0.3) is 0 Å². The molecule has 1 aromatic rings. The number of hydrogen-bond acceptors (Lipinski definition) is 3. The summed E-state index contributed by atoms with van der Waals surface area (Å²) >= 11 is 0. The van der Waals surface area contributed by atoms with Crippen molar-refractivity contribution in [2.24, 2.45) is 12.8 Å². The van der Waals surface area contributed by atoms with E-state index in [-0.39, 0.29) is 6.42 Å². The van der Waals surface area contributed by atoms with Crippen LogP contribution in [0.4, 0.5) is 0 Å². The lowest BCUT2D eigenvalue weighted by atomic mass is 9.95. The zero-order valence-corrected chi connectivity index (χ0v) is 7.69. The molecule has 1 aromatic heterocycles. The first-order chi connectivity index (χ1) is 5.93. The minimum atomic E-state index is -0.911. The number of carboxylic acids is 1. The van der Waals surface area contributed by atoms with E-state index in [0.717, 1.165) is 5.69 Å². The van der Waals surface area contributed by atoms with Gasteiger partial charge < -0.3 is 15.4 Å². The van der Waals surface area contributed by atoms with Gasteiger partial charge in [-0.05, 0) is 6.92 Å². The molecule has 0 spiro atoms. The molecule has 13 heavy (non-hydrogen) atoms. The van der Waals surface area contributed by atoms with Crippen molar-refractivity contribution in [3.05, 3.63) is 18.2 Å². The SMILES string of the molecule is Cn1cncc1C(C)(N)CC(=O)O. The smallest absolute Gasteiger partial charge is 0.305 e. The molecule has 0 aromatic carbocycles. The summed E-state index contributed by atoms with van der Waals surface area (Å²) in [5.41, 5.74) is 5.70. The second-order valence-electron chi connectivity index (χ2n) is 3.38. The largest absolute Gasteiger partial charge is 0.481 e. The van der Waals surface area contributed by atoms with Gasteiger partial charge in [-0.25, -0.2) is 4.98 Å². The highest BCUT2D eigenvalue weighted by Gasteiger charge is 2.27. The van der Waals surface area contributed by atoms with Crippen LogP contribution in [0, 0.1) is 0 Å². The zero-order valence-electron chi connectivity index (χ0n) is 7.69. The molecular weight excluding hydrogens is 170 g/mol. The first-order valence-corrected chi connectivity index (χ1v) is 3.91. The lowest BCUT2D eigenvalue weighted by Gasteiger charge is -2.22. The predicted octanol–water partition coefficient (Wildman–Crippen LogP) is 0.0687. The summed E-state index contributed by atoms with van der Waals surface area (Å²) in [6, 6.07) is 0. The third kappa shape index (κ3) is 2.06. The van der Waals surface area contributed by atoms with Gasteiger partial charge in [0, 0.05) is 13.2 Å². The third-order valence-corrected chi connectivity index (χ3v) is 1.92. The van der Waals surface area contributed by atoms with Gasteiger partial charge in [-0.2, -0.15) is 0 Å². The second kappa shape index (κ2) is 3.18. The number of carboxylic acid groups (broad SMARTS) is 1. The van der Waals surface area contributed by atoms with E-state index in [1.54, 1.807) is 31.1 Å². The van der Waals surface area contributed by atoms with E-state index in [0.29, 0.717) is 0 Å². The Labute approximate surface area is 76.2 Å². The molecule has 0 radical (unpaired) electrons. The number of aryl methyl sites for hydroxylation is 1. The molecule has 0 aliphatic rings. The van der Waals surface area contributed by atoms with Crippen LogP contribution in [0.2, 0.25) is 0 Å². The molecule has 1 atom stereocenters. The summed E-state index contributed by atoms with van der Waals surface area (Å²) < 4.78 is 1.73. The molecule has 0 saturated heterocycles. The first kappa shape index (κ1) is 9.73. The maximum absolute atomic E-state index is 10.5. The van der Waals surface area contributed by atoms with Crippen molar-refractivity contribution >= 4 is 5.97 Å². The van der Waals surface area contributed by atoms with Gasteiger partial charge in [0.1, 0.15) is 0 Å². The van der Waals surface area contributed by atoms with Crippen LogP contribution in [0.25, 0.3) is 0 Å². The third-order valence-electron chi connectivity index (χ3n) is 1.92. The number of nitrogens with two attached hydrogens (primary N) is 1. The van der Waals surface area contributed by atoms with E-state index >= 15 is 0 Å². The Bertz CT molecular complexity index is 317. The van der Waals surface area contributed by atoms with E-state index in [9.17, 15) is 4.79 Å². The van der Waals surface area contributed by atoms with E-state index in [2.05, 4.69) is 4.98 Å². The number of aromatic nitrogens is 2. The Kier molecular flexibility index (Phi) is 2.38. The Morgan fingerprint density at radius 1 is 1.85 bits per heavy atom. The minimum Gasteiger partial charge on any atom is -0.481 e. The number of aliphatic carboxylic acids is 1. The van der Waals surface area contributed by atoms with Crippen molar-refractivity contribution in [1.82, 2.24) is 9.55 Å². The normalized spacial score (nSPS) is 15.3. The summed E-state index contributed by atoms with van der Waals surface area (Å²) in [6.07, 6.45) is 3.08. The van der Waals surface area contributed by atoms with E-state index in [4.69, 9.17) is 10.8 Å². The summed E-state index contributed by atoms with van der Waals surface area (Å²) in [5, 5.41) is 8.63. The maximum atomic E-state index is 10.5. The van der Waals surface area contributed by atoms with Crippen molar-refractivity contribution in [1.29, 1.82) is 0 Å². The monoisotopic (exact) mass is 183 g/mol. The highest BCUT2D eigenvalue weighted by atomic mass is 16.4. The Morgan fingerprint density at radius 2 is 2.46 bits per heavy atom. The summed E-state index contributed by atoms with van der Waals surface area (Å²) in [6.45, 7) is 1.68. The fourth-order valence-electron chi connectivity index (χ4n) is 1.31. The van der Waals surface area contributed by atoms with Crippen molar-refractivity contribution < 1.29 is 9.90 Å². The highest BCUT2D eigenvalue weighted by Crippen LogP contribution is 2.20. The highest BCUT2D eigenvalue weighted by molar-refractivity contribution is 5.68. The number of hydrogen-bond donors (Lipinski definition) is 2. The molecule has 5 heteroatoms. The zero-order chi connectivity index (χ0) is 10.1. The van der Waals surface area contributed by atoms with Gasteiger partial charge in [0.05, 0.1) is 24.0 Å². The topological polar surface area (TPSA) is 81.1 Å². The van der Waals surface area contributed by atoms with Gasteiger partial charge in [0.15, 0.2) is 0 Å². The van der Waals surface area contributed by atoms with Gasteiger partial charge in [-0.15, -0.1) is 0 Å². The molecule has 1 heterocycles. The van der Waals surface area contributed by atoms with Gasteiger partial charge in [0.2, 0.25) is 0 Å². The van der Waals surface area contributed by atoms with Crippen molar-refractivity contribution in [3.8, 4) is 0 Å². The first-order valence-electron chi connectivity index (χ1n) is 3.91. The Morgan fingerprint density at radius 3 is 2.85 bits per heavy atom. The summed E-state index contributed by atoms with van der Waals surface area (Å²) in [5.74, 6) is -0.911. The van der Waals surface area contributed by atoms with Crippen LogP contribution >= 0.6 is 0 Å². The van der Waals surface area contributed by atoms with E-state index in [1.807, 2.05) is 0 Å². The second-order valence-corrected chi connectivity index (χ2v) is 3.38. The molecule has 0 saturated carbocycles. The minimum absolute atomic E-state index is 0.105. The maximum Gasteiger partial charge on any atom is 0.305 e. The van der Waals surface area contributed by atoms with Crippen LogP contribution in [0.15, 0.2) is 12.5 Å². The van der Waals surface area contributed by atoms with Crippen molar-refractivity contribution in [3.63, 3.8) is 0 Å². The van der Waals surface area contributed by atoms with Crippen molar-refractivity contribution in [2.45, 2.75) is 18.9 Å². The van der Waals surface area contributed by atoms with Crippen LogP contribution in [-0.4, -0.2) is 20.6 Å². The molecule has 0 aliphatic heterocycles. The molecule has 1 rings (SSSR count). The number of rotatable bonds is 3. The Balaban J connectivity index is 2.93. The standard InChI is InChI=1S/C8H13N3O2/c1-8(9,3-7(12)13)6-4-10-5-11(6)2/h4-5H,3,9H2,1-2H3,(H,12,13). The molecule has 0 bridgehead atoms. The average molecular weight is 183 g/mol. The average Bonchev–Trinajstić information content (AvgIpc) is 2.32. The number of nitrogens with zero attached hydrogens (tertiary/aromatic N) is 2. The van der Waals surface area contributed by atoms with E-state index in [1.165, 1.54) is 0 Å². The quantitative estimate of drug-likeness (QED) is 0.694. The lowest BCUT2D eigenvalue weighted by molar-refractivity contribution is -0.138. The summed E-state index contributed by atoms with van der Waals surface area (Å²) in [4.78, 5) is 14.4. The lowest BCUT2D eigenvalue weighted by Crippen LogP contribution is -2.37. The van der Waals surface area contributed by atoms with Crippen LogP contribution in [0.1, 0.15) is 19.0 Å². The summed E-state index contributed by atoms with van der Waals surface area (Å²) in [7, 11) is 1.79. The molecule has 1 unspecified atom stereocenters. The fourth-order valence-corrected chi connectivity index (χ4v) is 1.31. The van der Waals surface area contributed by atoms with Gasteiger partial charge in [-0.3, -0.25) is 4.79 Å². The molecule has 0 fully saturated rings. The molecular formula is C8H13N3O2. The van der Waals surface area contributed by atoms with E-state index < -0.39 is 11.5 Å². The molecule has 5 nitrogen and oxygen atoms in total. The van der Waals surface area contributed by atoms with Crippen LogP contribution in [0.5, 0.6) is 0 Å². The fraction of sp³-hybridized carbons (Fsp3) is 0.500. The number of carbonyl (C=O) groups is 1. The Hall–Kier alpha value is -1.36. The molecule has 0 aliphatic carbocycles. The van der Waals surface area contributed by atoms with Crippen LogP contribution < -0.4 is 5.73 Å². The van der Waals surface area contributed by atoms with Gasteiger partial charge >= 0.3 is 5.97 Å². The van der Waals surface area contributed by atoms with Crippen LogP contribution in [-0.2, 0) is 17.4 Å². The van der Waals surface area contributed by atoms with Crippen molar-refractivity contribution in [2.75, 3.05) is 0 Å². The van der Waals surface area contributed by atoms with Gasteiger partial charge in [-0.1, -0.05) is 0 Å². The molecule has 0 amide bonds. The van der Waals surface area contributed by atoms with Crippen LogP contribution in [0.3, 0.4) is 0 Å². The number of imidazole rings is 1.